The Morgan fingerprint density at radius 3 is 2.82 bits per heavy atom. The van der Waals surface area contributed by atoms with Gasteiger partial charge < -0.3 is 10.1 Å². The lowest BCUT2D eigenvalue weighted by Crippen LogP contribution is -2.48. The van der Waals surface area contributed by atoms with Crippen molar-refractivity contribution in [3.63, 3.8) is 0 Å². The van der Waals surface area contributed by atoms with E-state index in [0.29, 0.717) is 23.5 Å². The Bertz CT molecular complexity index is 787. The molecule has 1 saturated heterocycles. The first-order chi connectivity index (χ1) is 13.1. The third-order valence-corrected chi connectivity index (χ3v) is 6.56. The molecule has 1 aliphatic rings. The molecule has 0 spiro atoms. The molecule has 1 aromatic carbocycles. The molecular weight excluding hydrogens is 406 g/mol. The third kappa shape index (κ3) is 5.88. The SMILES string of the molecule is CON(C)S(=O)(=O)c1cc(C(=O)NCC2CN(CC(C)C)CCO2)ccc1Cl. The van der Waals surface area contributed by atoms with Crippen molar-refractivity contribution in [3.8, 4) is 0 Å². The van der Waals surface area contributed by atoms with E-state index >= 15 is 0 Å². The summed E-state index contributed by atoms with van der Waals surface area (Å²) in [7, 11) is -1.48. The van der Waals surface area contributed by atoms with Gasteiger partial charge >= 0.3 is 0 Å². The van der Waals surface area contributed by atoms with Gasteiger partial charge in [0.1, 0.15) is 4.90 Å². The van der Waals surface area contributed by atoms with Crippen molar-refractivity contribution in [3.05, 3.63) is 28.8 Å². The normalized spacial score (nSPS) is 18.6. The molecular formula is C18H28ClN3O5S. The van der Waals surface area contributed by atoms with Crippen LogP contribution in [0.15, 0.2) is 23.1 Å². The van der Waals surface area contributed by atoms with Crippen LogP contribution in [0.2, 0.25) is 5.02 Å². The topological polar surface area (TPSA) is 88.2 Å². The van der Waals surface area contributed by atoms with Crippen molar-refractivity contribution < 1.29 is 22.8 Å². The molecule has 0 saturated carbocycles. The summed E-state index contributed by atoms with van der Waals surface area (Å²) in [4.78, 5) is 19.4. The first kappa shape index (κ1) is 23.1. The average Bonchev–Trinajstić information content (AvgIpc) is 2.65. The number of hydroxylamine groups is 1. The monoisotopic (exact) mass is 433 g/mol. The highest BCUT2D eigenvalue weighted by Crippen LogP contribution is 2.25. The minimum Gasteiger partial charge on any atom is -0.374 e. The Kier molecular flexibility index (Phi) is 8.23. The molecule has 2 rings (SSSR count). The van der Waals surface area contributed by atoms with Crippen LogP contribution in [0.1, 0.15) is 24.2 Å². The highest BCUT2D eigenvalue weighted by Gasteiger charge is 2.26. The number of rotatable bonds is 8. The zero-order chi connectivity index (χ0) is 20.9. The van der Waals surface area contributed by atoms with Gasteiger partial charge in [-0.3, -0.25) is 14.5 Å². The molecule has 0 bridgehead atoms. The van der Waals surface area contributed by atoms with Crippen LogP contribution in [0, 0.1) is 5.92 Å². The second-order valence-corrected chi connectivity index (χ2v) is 9.41. The molecule has 0 aliphatic carbocycles. The van der Waals surface area contributed by atoms with E-state index in [1.165, 1.54) is 32.4 Å². The van der Waals surface area contributed by atoms with Crippen LogP contribution in [0.5, 0.6) is 0 Å². The smallest absolute Gasteiger partial charge is 0.266 e. The number of nitrogens with one attached hydrogen (secondary N) is 1. The van der Waals surface area contributed by atoms with Crippen LogP contribution in [0.3, 0.4) is 0 Å². The summed E-state index contributed by atoms with van der Waals surface area (Å²) < 4.78 is 31.3. The number of sulfonamides is 1. The van der Waals surface area contributed by atoms with Gasteiger partial charge in [-0.15, -0.1) is 0 Å². The quantitative estimate of drug-likeness (QED) is 0.626. The number of benzene rings is 1. The highest BCUT2D eigenvalue weighted by molar-refractivity contribution is 7.89. The van der Waals surface area contributed by atoms with E-state index in [1.54, 1.807) is 0 Å². The Morgan fingerprint density at radius 1 is 1.46 bits per heavy atom. The number of morpholine rings is 1. The van der Waals surface area contributed by atoms with E-state index in [4.69, 9.17) is 21.2 Å². The van der Waals surface area contributed by atoms with Gasteiger partial charge in [-0.25, -0.2) is 8.42 Å². The summed E-state index contributed by atoms with van der Waals surface area (Å²) in [6, 6.07) is 4.11. The number of carbonyl (C=O) groups excluding carboxylic acids is 1. The standard InChI is InChI=1S/C18H28ClN3O5S/c1-13(2)11-22-7-8-27-15(12-22)10-20-18(23)14-5-6-16(19)17(9-14)28(24,25)21(3)26-4/h5-6,9,13,15H,7-8,10-12H2,1-4H3,(H,20,23). The molecule has 1 aromatic rings. The summed E-state index contributed by atoms with van der Waals surface area (Å²) in [6.07, 6.45) is -0.105. The maximum absolute atomic E-state index is 12.5. The molecule has 1 N–H and O–H groups in total. The van der Waals surface area contributed by atoms with Crippen LogP contribution in [-0.4, -0.2) is 76.7 Å². The van der Waals surface area contributed by atoms with Crippen LogP contribution in [0.4, 0.5) is 0 Å². The van der Waals surface area contributed by atoms with Gasteiger partial charge in [0.2, 0.25) is 0 Å². The Morgan fingerprint density at radius 2 is 2.18 bits per heavy atom. The molecule has 0 radical (unpaired) electrons. The fraction of sp³-hybridized carbons (Fsp3) is 0.611. The van der Waals surface area contributed by atoms with E-state index in [-0.39, 0.29) is 21.6 Å². The molecule has 1 aliphatic heterocycles. The van der Waals surface area contributed by atoms with E-state index in [2.05, 4.69) is 24.1 Å². The molecule has 1 atom stereocenters. The molecule has 1 heterocycles. The predicted octanol–water partition coefficient (Wildman–Crippen LogP) is 1.61. The van der Waals surface area contributed by atoms with E-state index < -0.39 is 15.9 Å². The third-order valence-electron chi connectivity index (χ3n) is 4.40. The summed E-state index contributed by atoms with van der Waals surface area (Å²) >= 11 is 6.02. The van der Waals surface area contributed by atoms with Gasteiger partial charge in [-0.2, -0.15) is 0 Å². The van der Waals surface area contributed by atoms with Crippen LogP contribution < -0.4 is 5.32 Å². The van der Waals surface area contributed by atoms with Gasteiger partial charge in [-0.1, -0.05) is 29.9 Å². The fourth-order valence-corrected chi connectivity index (χ4v) is 4.45. The molecule has 10 heteroatoms. The zero-order valence-electron chi connectivity index (χ0n) is 16.6. The van der Waals surface area contributed by atoms with E-state index in [9.17, 15) is 13.2 Å². The number of amides is 1. The number of carbonyl (C=O) groups is 1. The number of nitrogens with zero attached hydrogens (tertiary/aromatic N) is 2. The van der Waals surface area contributed by atoms with Gasteiger partial charge in [0.15, 0.2) is 0 Å². The maximum Gasteiger partial charge on any atom is 0.266 e. The summed E-state index contributed by atoms with van der Waals surface area (Å²) in [6.45, 7) is 7.92. The van der Waals surface area contributed by atoms with Crippen LogP contribution in [-0.2, 0) is 19.6 Å². The zero-order valence-corrected chi connectivity index (χ0v) is 18.2. The maximum atomic E-state index is 12.5. The number of halogens is 1. The van der Waals surface area contributed by atoms with Crippen molar-refractivity contribution in [1.29, 1.82) is 0 Å². The molecule has 8 nitrogen and oxygen atoms in total. The van der Waals surface area contributed by atoms with Gasteiger partial charge in [-0.05, 0) is 24.1 Å². The van der Waals surface area contributed by atoms with Gasteiger partial charge in [0.25, 0.3) is 15.9 Å². The van der Waals surface area contributed by atoms with Crippen molar-refractivity contribution in [2.75, 3.05) is 46.9 Å². The van der Waals surface area contributed by atoms with Gasteiger partial charge in [0.05, 0.1) is 24.8 Å². The highest BCUT2D eigenvalue weighted by atomic mass is 35.5. The van der Waals surface area contributed by atoms with Crippen molar-refractivity contribution in [2.24, 2.45) is 5.92 Å². The van der Waals surface area contributed by atoms with Crippen LogP contribution in [0.25, 0.3) is 0 Å². The lowest BCUT2D eigenvalue weighted by molar-refractivity contribution is -0.0295. The van der Waals surface area contributed by atoms with Crippen molar-refractivity contribution in [1.82, 2.24) is 14.7 Å². The molecule has 1 fully saturated rings. The van der Waals surface area contributed by atoms with E-state index in [0.717, 1.165) is 19.6 Å². The minimum atomic E-state index is -3.96. The Hall–Kier alpha value is -1.23. The second-order valence-electron chi connectivity index (χ2n) is 7.10. The molecule has 0 aromatic heterocycles. The van der Waals surface area contributed by atoms with E-state index in [1.807, 2.05) is 0 Å². The lowest BCUT2D eigenvalue weighted by atomic mass is 10.1. The number of ether oxygens (including phenoxy) is 1. The Balaban J connectivity index is 2.04. The minimum absolute atomic E-state index is 0.0143. The first-order valence-corrected chi connectivity index (χ1v) is 10.9. The summed E-state index contributed by atoms with van der Waals surface area (Å²) in [5, 5.41) is 2.82. The Labute approximate surface area is 171 Å². The second kappa shape index (κ2) is 10.00. The summed E-state index contributed by atoms with van der Waals surface area (Å²) in [5.74, 6) is 0.172. The number of hydrogen-bond acceptors (Lipinski definition) is 6. The first-order valence-electron chi connectivity index (χ1n) is 9.10. The van der Waals surface area contributed by atoms with Crippen LogP contribution >= 0.6 is 11.6 Å². The average molecular weight is 434 g/mol. The molecule has 28 heavy (non-hydrogen) atoms. The molecule has 158 valence electrons. The molecule has 1 unspecified atom stereocenters. The lowest BCUT2D eigenvalue weighted by Gasteiger charge is -2.33. The number of hydrogen-bond donors (Lipinski definition) is 1. The molecule has 1 amide bonds. The largest absolute Gasteiger partial charge is 0.374 e. The van der Waals surface area contributed by atoms with Gasteiger partial charge in [0, 0.05) is 38.8 Å². The summed E-state index contributed by atoms with van der Waals surface area (Å²) in [5.41, 5.74) is 0.197. The fourth-order valence-electron chi connectivity index (χ4n) is 2.97. The van der Waals surface area contributed by atoms with Crippen molar-refractivity contribution in [2.45, 2.75) is 24.8 Å². The van der Waals surface area contributed by atoms with Crippen molar-refractivity contribution >= 4 is 27.5 Å². The predicted molar refractivity (Wildman–Crippen MR) is 107 cm³/mol.